The van der Waals surface area contributed by atoms with Crippen LogP contribution in [0, 0.1) is 6.92 Å². The number of aromatic nitrogens is 1. The van der Waals surface area contributed by atoms with Gasteiger partial charge in [0.25, 0.3) is 0 Å². The molecule has 0 aliphatic carbocycles. The molecule has 1 aromatic carbocycles. The molecule has 0 spiro atoms. The zero-order valence-electron chi connectivity index (χ0n) is 12.2. The molecule has 22 heavy (non-hydrogen) atoms. The van der Waals surface area contributed by atoms with E-state index in [4.69, 9.17) is 11.6 Å². The maximum absolute atomic E-state index is 11.7. The van der Waals surface area contributed by atoms with Gasteiger partial charge in [-0.25, -0.2) is 4.98 Å². The number of hydrogen-bond donors (Lipinski definition) is 2. The van der Waals surface area contributed by atoms with Crippen molar-refractivity contribution in [2.24, 2.45) is 0 Å². The lowest BCUT2D eigenvalue weighted by molar-refractivity contribution is -0.116. The van der Waals surface area contributed by atoms with Gasteiger partial charge in [-0.2, -0.15) is 0 Å². The maximum atomic E-state index is 11.7. The SMILES string of the molecule is Cc1ccc(C(O)CNC(=O)/C=C/c2ccc(Cl)nc2)cc1. The van der Waals surface area contributed by atoms with Crippen LogP contribution < -0.4 is 5.32 Å². The van der Waals surface area contributed by atoms with Crippen LogP contribution in [0.15, 0.2) is 48.7 Å². The molecule has 1 unspecified atom stereocenters. The van der Waals surface area contributed by atoms with Crippen LogP contribution in [0.3, 0.4) is 0 Å². The summed E-state index contributed by atoms with van der Waals surface area (Å²) in [6.45, 7) is 2.14. The molecule has 0 radical (unpaired) electrons. The van der Waals surface area contributed by atoms with Gasteiger partial charge >= 0.3 is 0 Å². The third-order valence-electron chi connectivity index (χ3n) is 3.11. The Balaban J connectivity index is 1.84. The molecule has 1 amide bonds. The summed E-state index contributed by atoms with van der Waals surface area (Å²) >= 11 is 5.68. The summed E-state index contributed by atoms with van der Waals surface area (Å²) in [5.74, 6) is -0.277. The molecule has 0 saturated heterocycles. The van der Waals surface area contributed by atoms with E-state index in [0.717, 1.165) is 16.7 Å². The molecule has 0 saturated carbocycles. The Hall–Kier alpha value is -2.17. The molecule has 2 rings (SSSR count). The molecule has 0 aliphatic heterocycles. The first-order valence-corrected chi connectivity index (χ1v) is 7.24. The highest BCUT2D eigenvalue weighted by Crippen LogP contribution is 2.12. The largest absolute Gasteiger partial charge is 0.387 e. The quantitative estimate of drug-likeness (QED) is 0.658. The number of carbonyl (C=O) groups excluding carboxylic acids is 1. The highest BCUT2D eigenvalue weighted by Gasteiger charge is 2.07. The third kappa shape index (κ3) is 4.98. The van der Waals surface area contributed by atoms with Gasteiger partial charge in [-0.3, -0.25) is 4.79 Å². The topological polar surface area (TPSA) is 62.2 Å². The van der Waals surface area contributed by atoms with Crippen LogP contribution in [0.4, 0.5) is 0 Å². The number of benzene rings is 1. The van der Waals surface area contributed by atoms with Gasteiger partial charge in [0.2, 0.25) is 5.91 Å². The Morgan fingerprint density at radius 2 is 2.05 bits per heavy atom. The molecular weight excluding hydrogens is 300 g/mol. The monoisotopic (exact) mass is 316 g/mol. The normalized spacial score (nSPS) is 12.3. The van der Waals surface area contributed by atoms with Crippen LogP contribution in [0.1, 0.15) is 22.8 Å². The molecule has 5 heteroatoms. The molecule has 2 aromatic rings. The van der Waals surface area contributed by atoms with Crippen molar-refractivity contribution in [3.8, 4) is 0 Å². The first-order chi connectivity index (χ1) is 10.5. The molecule has 0 bridgehead atoms. The Bertz CT molecular complexity index is 651. The minimum absolute atomic E-state index is 0.158. The van der Waals surface area contributed by atoms with Gasteiger partial charge in [0.05, 0.1) is 6.10 Å². The third-order valence-corrected chi connectivity index (χ3v) is 3.33. The van der Waals surface area contributed by atoms with Crippen LogP contribution in [-0.2, 0) is 4.79 Å². The lowest BCUT2D eigenvalue weighted by Crippen LogP contribution is -2.26. The van der Waals surface area contributed by atoms with Crippen molar-refractivity contribution >= 4 is 23.6 Å². The number of pyridine rings is 1. The van der Waals surface area contributed by atoms with Crippen molar-refractivity contribution < 1.29 is 9.90 Å². The number of nitrogens with zero attached hydrogens (tertiary/aromatic N) is 1. The lowest BCUT2D eigenvalue weighted by Gasteiger charge is -2.11. The highest BCUT2D eigenvalue weighted by atomic mass is 35.5. The summed E-state index contributed by atoms with van der Waals surface area (Å²) in [6, 6.07) is 11.0. The van der Waals surface area contributed by atoms with Crippen LogP contribution in [0.5, 0.6) is 0 Å². The fraction of sp³-hybridized carbons (Fsp3) is 0.176. The summed E-state index contributed by atoms with van der Waals surface area (Å²) in [6.07, 6.45) is 3.88. The zero-order valence-corrected chi connectivity index (χ0v) is 12.9. The van der Waals surface area contributed by atoms with Crippen molar-refractivity contribution in [1.29, 1.82) is 0 Å². The van der Waals surface area contributed by atoms with Gasteiger partial charge in [0, 0.05) is 18.8 Å². The van der Waals surface area contributed by atoms with Crippen LogP contribution in [0.25, 0.3) is 6.08 Å². The second-order valence-corrected chi connectivity index (χ2v) is 5.31. The van der Waals surface area contributed by atoms with Gasteiger partial charge in [-0.1, -0.05) is 47.5 Å². The molecule has 114 valence electrons. The van der Waals surface area contributed by atoms with Gasteiger partial charge in [0.15, 0.2) is 0 Å². The summed E-state index contributed by atoms with van der Waals surface area (Å²) in [5, 5.41) is 13.1. The molecule has 1 heterocycles. The van der Waals surface area contributed by atoms with E-state index in [1.807, 2.05) is 31.2 Å². The maximum Gasteiger partial charge on any atom is 0.244 e. The van der Waals surface area contributed by atoms with Gasteiger partial charge < -0.3 is 10.4 Å². The summed E-state index contributed by atoms with van der Waals surface area (Å²) < 4.78 is 0. The minimum atomic E-state index is -0.727. The van der Waals surface area contributed by atoms with E-state index in [1.54, 1.807) is 24.4 Å². The first-order valence-electron chi connectivity index (χ1n) is 6.86. The standard InChI is InChI=1S/C17H17ClN2O2/c1-12-2-6-14(7-3-12)15(21)11-20-17(22)9-5-13-4-8-16(18)19-10-13/h2-10,15,21H,11H2,1H3,(H,20,22)/b9-5+. The summed E-state index contributed by atoms with van der Waals surface area (Å²) in [4.78, 5) is 15.6. The predicted molar refractivity (Wildman–Crippen MR) is 87.4 cm³/mol. The van der Waals surface area contributed by atoms with Crippen LogP contribution in [-0.4, -0.2) is 22.5 Å². The van der Waals surface area contributed by atoms with Crippen LogP contribution >= 0.6 is 11.6 Å². The number of rotatable bonds is 5. The Labute approximate surface area is 134 Å². The Morgan fingerprint density at radius 3 is 2.68 bits per heavy atom. The number of amides is 1. The number of aliphatic hydroxyl groups excluding tert-OH is 1. The zero-order chi connectivity index (χ0) is 15.9. The van der Waals surface area contributed by atoms with E-state index in [-0.39, 0.29) is 12.5 Å². The average molecular weight is 317 g/mol. The smallest absolute Gasteiger partial charge is 0.244 e. The van der Waals surface area contributed by atoms with E-state index in [9.17, 15) is 9.90 Å². The van der Waals surface area contributed by atoms with E-state index in [1.165, 1.54) is 6.08 Å². The molecule has 1 atom stereocenters. The summed E-state index contributed by atoms with van der Waals surface area (Å²) in [7, 11) is 0. The Morgan fingerprint density at radius 1 is 1.32 bits per heavy atom. The van der Waals surface area contributed by atoms with E-state index in [0.29, 0.717) is 5.15 Å². The highest BCUT2D eigenvalue weighted by molar-refractivity contribution is 6.29. The van der Waals surface area contributed by atoms with Crippen molar-refractivity contribution in [1.82, 2.24) is 10.3 Å². The first kappa shape index (κ1) is 16.2. The number of halogens is 1. The van der Waals surface area contributed by atoms with Crippen LogP contribution in [0.2, 0.25) is 5.15 Å². The Kier molecular flexibility index (Phi) is 5.69. The van der Waals surface area contributed by atoms with Crippen molar-refractivity contribution in [2.45, 2.75) is 13.0 Å². The minimum Gasteiger partial charge on any atom is -0.387 e. The van der Waals surface area contributed by atoms with E-state index in [2.05, 4.69) is 10.3 Å². The van der Waals surface area contributed by atoms with E-state index < -0.39 is 6.10 Å². The number of aliphatic hydroxyl groups is 1. The second kappa shape index (κ2) is 7.73. The number of carbonyl (C=O) groups is 1. The molecule has 1 aromatic heterocycles. The number of hydrogen-bond acceptors (Lipinski definition) is 3. The van der Waals surface area contributed by atoms with Crippen molar-refractivity contribution in [3.05, 3.63) is 70.5 Å². The average Bonchev–Trinajstić information content (AvgIpc) is 2.52. The molecular formula is C17H17ClN2O2. The molecule has 4 nitrogen and oxygen atoms in total. The predicted octanol–water partition coefficient (Wildman–Crippen LogP) is 2.91. The number of aryl methyl sites for hydroxylation is 1. The fourth-order valence-electron chi connectivity index (χ4n) is 1.82. The molecule has 0 aliphatic rings. The number of nitrogens with one attached hydrogen (secondary N) is 1. The molecule has 2 N–H and O–H groups in total. The van der Waals surface area contributed by atoms with Gasteiger partial charge in [0.1, 0.15) is 5.15 Å². The van der Waals surface area contributed by atoms with E-state index >= 15 is 0 Å². The second-order valence-electron chi connectivity index (χ2n) is 4.92. The molecule has 0 fully saturated rings. The van der Waals surface area contributed by atoms with Crippen molar-refractivity contribution in [3.63, 3.8) is 0 Å². The van der Waals surface area contributed by atoms with Gasteiger partial charge in [-0.15, -0.1) is 0 Å². The summed E-state index contributed by atoms with van der Waals surface area (Å²) in [5.41, 5.74) is 2.68. The van der Waals surface area contributed by atoms with Crippen molar-refractivity contribution in [2.75, 3.05) is 6.54 Å². The fourth-order valence-corrected chi connectivity index (χ4v) is 1.93. The lowest BCUT2D eigenvalue weighted by atomic mass is 10.1. The van der Waals surface area contributed by atoms with Gasteiger partial charge in [-0.05, 0) is 30.2 Å².